The van der Waals surface area contributed by atoms with E-state index in [9.17, 15) is 22.8 Å². The van der Waals surface area contributed by atoms with Crippen LogP contribution in [-0.4, -0.2) is 56.1 Å². The molecule has 1 atom stereocenters. The Labute approximate surface area is 146 Å². The summed E-state index contributed by atoms with van der Waals surface area (Å²) >= 11 is 0. The number of ether oxygens (including phenoxy) is 1. The number of hydrogen-bond acceptors (Lipinski definition) is 4. The molecule has 0 aromatic carbocycles. The predicted molar refractivity (Wildman–Crippen MR) is 86.9 cm³/mol. The van der Waals surface area contributed by atoms with E-state index < -0.39 is 35.8 Å². The smallest absolute Gasteiger partial charge is 0.359 e. The molecule has 1 unspecified atom stereocenters. The van der Waals surface area contributed by atoms with Crippen LogP contribution < -0.4 is 5.43 Å². The molecule has 1 aliphatic rings. The molecule has 3 rings (SSSR count). The predicted octanol–water partition coefficient (Wildman–Crippen LogP) is 1.45. The topological polar surface area (TPSA) is 69.4 Å². The minimum Gasteiger partial charge on any atom is -0.359 e. The first kappa shape index (κ1) is 18.4. The van der Waals surface area contributed by atoms with Crippen LogP contribution in [0.15, 0.2) is 17.2 Å². The van der Waals surface area contributed by atoms with E-state index in [4.69, 9.17) is 4.74 Å². The van der Waals surface area contributed by atoms with Gasteiger partial charge in [0.2, 0.25) is 5.43 Å². The number of hydrogen-bond donors (Lipinski definition) is 0. The number of carbonyl (C=O) groups excluding carboxylic acids is 1. The number of morpholine rings is 1. The van der Waals surface area contributed by atoms with Crippen LogP contribution >= 0.6 is 0 Å². The highest BCUT2D eigenvalue weighted by Crippen LogP contribution is 2.32. The minimum absolute atomic E-state index is 0.0490. The summed E-state index contributed by atoms with van der Waals surface area (Å²) in [6.45, 7) is 2.26. The van der Waals surface area contributed by atoms with E-state index in [-0.39, 0.29) is 17.5 Å². The molecule has 0 aliphatic carbocycles. The van der Waals surface area contributed by atoms with Gasteiger partial charge in [-0.1, -0.05) is 0 Å². The number of halogens is 3. The van der Waals surface area contributed by atoms with E-state index in [1.54, 1.807) is 18.7 Å². The fourth-order valence-electron chi connectivity index (χ4n) is 3.30. The lowest BCUT2D eigenvalue weighted by Crippen LogP contribution is -2.58. The fourth-order valence-corrected chi connectivity index (χ4v) is 3.30. The van der Waals surface area contributed by atoms with E-state index in [0.29, 0.717) is 5.65 Å². The van der Waals surface area contributed by atoms with Gasteiger partial charge in [-0.05, 0) is 13.8 Å². The molecule has 26 heavy (non-hydrogen) atoms. The number of alkyl halides is 3. The summed E-state index contributed by atoms with van der Waals surface area (Å²) in [4.78, 5) is 26.5. The normalized spacial score (nSPS) is 20.6. The van der Waals surface area contributed by atoms with Gasteiger partial charge in [0, 0.05) is 26.8 Å². The van der Waals surface area contributed by atoms with Crippen LogP contribution in [0.2, 0.25) is 0 Å². The summed E-state index contributed by atoms with van der Waals surface area (Å²) in [5.74, 6) is -0.748. The number of aromatic nitrogens is 3. The third kappa shape index (κ3) is 3.09. The first-order valence-electron chi connectivity index (χ1n) is 7.96. The summed E-state index contributed by atoms with van der Waals surface area (Å²) in [6, 6.07) is 0. The van der Waals surface area contributed by atoms with Gasteiger partial charge in [-0.25, -0.2) is 0 Å². The number of aryl methyl sites for hydroxylation is 2. The lowest BCUT2D eigenvalue weighted by molar-refractivity contribution is -0.267. The van der Waals surface area contributed by atoms with Crippen molar-refractivity contribution in [2.24, 2.45) is 14.1 Å². The standard InChI is InChI=1S/C16H19F3N4O3/c1-15(2)8-23(7-11(26-15)16(17,18)19)14(25)10-6-21(3)13-9(12(10)24)5-20-22(13)4/h5-6,11H,7-8H2,1-4H3. The number of fused-ring (bicyclic) bond motifs is 1. The van der Waals surface area contributed by atoms with Crippen molar-refractivity contribution in [3.63, 3.8) is 0 Å². The monoisotopic (exact) mass is 372 g/mol. The van der Waals surface area contributed by atoms with Crippen LogP contribution in [0.5, 0.6) is 0 Å². The average molecular weight is 372 g/mol. The molecule has 1 amide bonds. The number of rotatable bonds is 1. The second-order valence-electron chi connectivity index (χ2n) is 7.08. The molecule has 142 valence electrons. The molecule has 0 N–H and O–H groups in total. The van der Waals surface area contributed by atoms with Crippen molar-refractivity contribution >= 4 is 16.9 Å². The maximum absolute atomic E-state index is 13.1. The highest BCUT2D eigenvalue weighted by Gasteiger charge is 2.49. The molecule has 1 aliphatic heterocycles. The first-order chi connectivity index (χ1) is 11.9. The van der Waals surface area contributed by atoms with Crippen LogP contribution in [0.25, 0.3) is 11.0 Å². The maximum Gasteiger partial charge on any atom is 0.416 e. The van der Waals surface area contributed by atoms with Crippen molar-refractivity contribution in [3.05, 3.63) is 28.2 Å². The number of carbonyl (C=O) groups is 1. The molecule has 0 bridgehead atoms. The van der Waals surface area contributed by atoms with E-state index in [2.05, 4.69) is 5.10 Å². The second-order valence-corrected chi connectivity index (χ2v) is 7.08. The van der Waals surface area contributed by atoms with Gasteiger partial charge in [0.05, 0.1) is 23.7 Å². The molecule has 1 saturated heterocycles. The maximum atomic E-state index is 13.1. The van der Waals surface area contributed by atoms with Gasteiger partial charge >= 0.3 is 6.18 Å². The second kappa shape index (κ2) is 5.83. The molecule has 0 radical (unpaired) electrons. The van der Waals surface area contributed by atoms with Gasteiger partial charge in [0.25, 0.3) is 5.91 Å². The Hall–Kier alpha value is -2.36. The van der Waals surface area contributed by atoms with Crippen molar-refractivity contribution in [3.8, 4) is 0 Å². The van der Waals surface area contributed by atoms with Crippen LogP contribution in [0.3, 0.4) is 0 Å². The third-order valence-electron chi connectivity index (χ3n) is 4.36. The number of nitrogens with zero attached hydrogens (tertiary/aromatic N) is 4. The Balaban J connectivity index is 2.02. The van der Waals surface area contributed by atoms with Gasteiger partial charge in [0.1, 0.15) is 11.2 Å². The van der Waals surface area contributed by atoms with Gasteiger partial charge in [-0.2, -0.15) is 18.3 Å². The van der Waals surface area contributed by atoms with Gasteiger partial charge in [0.15, 0.2) is 6.10 Å². The van der Waals surface area contributed by atoms with E-state index >= 15 is 0 Å². The number of pyridine rings is 1. The molecule has 7 nitrogen and oxygen atoms in total. The summed E-state index contributed by atoms with van der Waals surface area (Å²) in [5, 5.41) is 4.24. The van der Waals surface area contributed by atoms with Crippen molar-refractivity contribution in [1.82, 2.24) is 19.2 Å². The Bertz CT molecular complexity index is 929. The molecular weight excluding hydrogens is 353 g/mol. The van der Waals surface area contributed by atoms with Crippen molar-refractivity contribution < 1.29 is 22.7 Å². The van der Waals surface area contributed by atoms with Crippen molar-refractivity contribution in [1.29, 1.82) is 0 Å². The van der Waals surface area contributed by atoms with Crippen LogP contribution in [0.1, 0.15) is 24.2 Å². The molecule has 0 spiro atoms. The van der Waals surface area contributed by atoms with E-state index in [1.165, 1.54) is 30.9 Å². The SMILES string of the molecule is Cn1cc(C(=O)N2CC(C(F)(F)F)OC(C)(C)C2)c(=O)c2cnn(C)c21. The first-order valence-corrected chi connectivity index (χ1v) is 7.96. The summed E-state index contributed by atoms with van der Waals surface area (Å²) < 4.78 is 47.5. The zero-order valence-corrected chi connectivity index (χ0v) is 14.8. The fraction of sp³-hybridized carbons (Fsp3) is 0.562. The van der Waals surface area contributed by atoms with E-state index in [1.807, 2.05) is 0 Å². The lowest BCUT2D eigenvalue weighted by Gasteiger charge is -2.43. The largest absolute Gasteiger partial charge is 0.416 e. The van der Waals surface area contributed by atoms with Gasteiger partial charge < -0.3 is 14.2 Å². The molecule has 3 heterocycles. The van der Waals surface area contributed by atoms with Gasteiger partial charge in [-0.3, -0.25) is 14.3 Å². The van der Waals surface area contributed by atoms with Crippen molar-refractivity contribution in [2.75, 3.05) is 13.1 Å². The summed E-state index contributed by atoms with van der Waals surface area (Å²) in [6.07, 6.45) is -4.02. The summed E-state index contributed by atoms with van der Waals surface area (Å²) in [5.41, 5.74) is -1.41. The minimum atomic E-state index is -4.60. The van der Waals surface area contributed by atoms with Crippen LogP contribution in [0.4, 0.5) is 13.2 Å². The number of amides is 1. The van der Waals surface area contributed by atoms with Crippen LogP contribution in [-0.2, 0) is 18.8 Å². The summed E-state index contributed by atoms with van der Waals surface area (Å²) in [7, 11) is 3.30. The molecular formula is C16H19F3N4O3. The quantitative estimate of drug-likeness (QED) is 0.760. The Kier molecular flexibility index (Phi) is 4.13. The Morgan fingerprint density at radius 2 is 2.00 bits per heavy atom. The van der Waals surface area contributed by atoms with Crippen molar-refractivity contribution in [2.45, 2.75) is 31.7 Å². The molecule has 2 aromatic rings. The Morgan fingerprint density at radius 3 is 2.62 bits per heavy atom. The lowest BCUT2D eigenvalue weighted by atomic mass is 10.0. The highest BCUT2D eigenvalue weighted by atomic mass is 19.4. The third-order valence-corrected chi connectivity index (χ3v) is 4.36. The zero-order chi connectivity index (χ0) is 19.4. The van der Waals surface area contributed by atoms with Gasteiger partial charge in [-0.15, -0.1) is 0 Å². The van der Waals surface area contributed by atoms with Crippen LogP contribution in [0, 0.1) is 0 Å². The highest BCUT2D eigenvalue weighted by molar-refractivity contribution is 5.97. The Morgan fingerprint density at radius 1 is 1.35 bits per heavy atom. The average Bonchev–Trinajstić information content (AvgIpc) is 2.90. The van der Waals surface area contributed by atoms with E-state index in [0.717, 1.165) is 4.90 Å². The zero-order valence-electron chi connectivity index (χ0n) is 14.8. The molecule has 10 heteroatoms. The molecule has 2 aromatic heterocycles. The molecule has 1 fully saturated rings. The molecule has 0 saturated carbocycles.